The minimum atomic E-state index is -0.0536. The number of terminal acetylenes is 1. The molecule has 1 heterocycles. The van der Waals surface area contributed by atoms with Gasteiger partial charge in [-0.15, -0.1) is 18.2 Å². The van der Waals surface area contributed by atoms with Crippen LogP contribution in [0.3, 0.4) is 0 Å². The van der Waals surface area contributed by atoms with Gasteiger partial charge in [-0.25, -0.2) is 0 Å². The molecule has 1 aliphatic rings. The molecule has 0 aromatic carbocycles. The van der Waals surface area contributed by atoms with Crippen molar-refractivity contribution in [2.75, 3.05) is 31.1 Å². The SMILES string of the molecule is C#CCSCCN1CCC(=O)NCC1=O. The van der Waals surface area contributed by atoms with Gasteiger partial charge < -0.3 is 10.2 Å². The van der Waals surface area contributed by atoms with Crippen LogP contribution in [-0.4, -0.2) is 47.9 Å². The summed E-state index contributed by atoms with van der Waals surface area (Å²) in [5.74, 6) is 3.95. The molecule has 1 saturated heterocycles. The summed E-state index contributed by atoms with van der Waals surface area (Å²) < 4.78 is 0. The summed E-state index contributed by atoms with van der Waals surface area (Å²) in [6.07, 6.45) is 5.51. The second kappa shape index (κ2) is 6.36. The minimum absolute atomic E-state index is 0.0119. The van der Waals surface area contributed by atoms with E-state index >= 15 is 0 Å². The van der Waals surface area contributed by atoms with Crippen LogP contribution in [0.1, 0.15) is 6.42 Å². The van der Waals surface area contributed by atoms with Crippen molar-refractivity contribution < 1.29 is 9.59 Å². The van der Waals surface area contributed by atoms with Crippen molar-refractivity contribution in [1.82, 2.24) is 10.2 Å². The van der Waals surface area contributed by atoms with Crippen LogP contribution in [-0.2, 0) is 9.59 Å². The molecule has 0 aromatic heterocycles. The van der Waals surface area contributed by atoms with E-state index in [1.54, 1.807) is 16.7 Å². The molecule has 1 rings (SSSR count). The van der Waals surface area contributed by atoms with E-state index in [0.717, 1.165) is 5.75 Å². The number of nitrogens with zero attached hydrogens (tertiary/aromatic N) is 1. The lowest BCUT2D eigenvalue weighted by atomic mass is 10.4. The summed E-state index contributed by atoms with van der Waals surface area (Å²) in [5.41, 5.74) is 0. The molecule has 0 atom stereocenters. The molecule has 0 radical (unpaired) electrons. The molecule has 1 N–H and O–H groups in total. The maximum Gasteiger partial charge on any atom is 0.242 e. The van der Waals surface area contributed by atoms with Gasteiger partial charge in [0.2, 0.25) is 11.8 Å². The molecule has 0 bridgehead atoms. The largest absolute Gasteiger partial charge is 0.347 e. The molecule has 5 heteroatoms. The average Bonchev–Trinajstić information content (AvgIpc) is 2.38. The molecular formula is C10H14N2O2S. The summed E-state index contributed by atoms with van der Waals surface area (Å²) >= 11 is 1.62. The van der Waals surface area contributed by atoms with Crippen LogP contribution in [0.2, 0.25) is 0 Å². The highest BCUT2D eigenvalue weighted by Gasteiger charge is 2.19. The van der Waals surface area contributed by atoms with E-state index in [1.165, 1.54) is 0 Å². The molecule has 4 nitrogen and oxygen atoms in total. The first-order valence-corrected chi connectivity index (χ1v) is 5.95. The zero-order chi connectivity index (χ0) is 11.1. The number of carbonyl (C=O) groups is 2. The molecule has 1 fully saturated rings. The van der Waals surface area contributed by atoms with Crippen LogP contribution >= 0.6 is 11.8 Å². The number of thioether (sulfide) groups is 1. The van der Waals surface area contributed by atoms with Crippen LogP contribution in [0.4, 0.5) is 0 Å². The van der Waals surface area contributed by atoms with E-state index in [0.29, 0.717) is 25.3 Å². The first-order chi connectivity index (χ1) is 7.24. The van der Waals surface area contributed by atoms with Crippen LogP contribution in [0, 0.1) is 12.3 Å². The Morgan fingerprint density at radius 1 is 1.53 bits per heavy atom. The van der Waals surface area contributed by atoms with Gasteiger partial charge in [-0.2, -0.15) is 0 Å². The Hall–Kier alpha value is -1.15. The lowest BCUT2D eigenvalue weighted by molar-refractivity contribution is -0.129. The Morgan fingerprint density at radius 3 is 3.07 bits per heavy atom. The topological polar surface area (TPSA) is 49.4 Å². The van der Waals surface area contributed by atoms with Gasteiger partial charge in [0.05, 0.1) is 12.3 Å². The van der Waals surface area contributed by atoms with Crippen LogP contribution < -0.4 is 5.32 Å². The van der Waals surface area contributed by atoms with E-state index < -0.39 is 0 Å². The van der Waals surface area contributed by atoms with Crippen molar-refractivity contribution in [2.24, 2.45) is 0 Å². The molecule has 82 valence electrons. The quantitative estimate of drug-likeness (QED) is 0.529. The van der Waals surface area contributed by atoms with E-state index in [2.05, 4.69) is 11.2 Å². The summed E-state index contributed by atoms with van der Waals surface area (Å²) in [5, 5.41) is 2.56. The Morgan fingerprint density at radius 2 is 2.33 bits per heavy atom. The van der Waals surface area contributed by atoms with Crippen molar-refractivity contribution in [3.05, 3.63) is 0 Å². The second-order valence-electron chi connectivity index (χ2n) is 3.16. The molecular weight excluding hydrogens is 212 g/mol. The van der Waals surface area contributed by atoms with Crippen molar-refractivity contribution in [3.63, 3.8) is 0 Å². The molecule has 0 aromatic rings. The Kier molecular flexibility index (Phi) is 5.05. The molecule has 15 heavy (non-hydrogen) atoms. The summed E-state index contributed by atoms with van der Waals surface area (Å²) in [4.78, 5) is 24.2. The lowest BCUT2D eigenvalue weighted by Crippen LogP contribution is -2.36. The smallest absolute Gasteiger partial charge is 0.242 e. The zero-order valence-corrected chi connectivity index (χ0v) is 9.31. The van der Waals surface area contributed by atoms with Crippen molar-refractivity contribution >= 4 is 23.6 Å². The predicted molar refractivity (Wildman–Crippen MR) is 60.4 cm³/mol. The van der Waals surface area contributed by atoms with Crippen LogP contribution in [0.15, 0.2) is 0 Å². The number of amides is 2. The molecule has 0 unspecified atom stereocenters. The van der Waals surface area contributed by atoms with E-state index in [1.807, 2.05) is 0 Å². The first kappa shape index (κ1) is 11.9. The minimum Gasteiger partial charge on any atom is -0.347 e. The summed E-state index contributed by atoms with van der Waals surface area (Å²) in [6.45, 7) is 1.31. The van der Waals surface area contributed by atoms with Gasteiger partial charge in [0, 0.05) is 25.3 Å². The molecule has 0 saturated carbocycles. The van der Waals surface area contributed by atoms with Crippen LogP contribution in [0.25, 0.3) is 0 Å². The monoisotopic (exact) mass is 226 g/mol. The fourth-order valence-corrected chi connectivity index (χ4v) is 1.89. The molecule has 0 spiro atoms. The fraction of sp³-hybridized carbons (Fsp3) is 0.600. The molecule has 1 aliphatic heterocycles. The highest BCUT2D eigenvalue weighted by molar-refractivity contribution is 7.99. The third kappa shape index (κ3) is 4.26. The standard InChI is InChI=1S/C10H14N2O2S/c1-2-6-15-7-5-12-4-3-9(13)11-8-10(12)14/h1H,3-8H2,(H,11,13). The van der Waals surface area contributed by atoms with Gasteiger partial charge in [0.25, 0.3) is 0 Å². The van der Waals surface area contributed by atoms with Crippen molar-refractivity contribution in [2.45, 2.75) is 6.42 Å². The Balaban J connectivity index is 2.30. The normalized spacial score (nSPS) is 16.9. The predicted octanol–water partition coefficient (Wildman–Crippen LogP) is -0.299. The van der Waals surface area contributed by atoms with Gasteiger partial charge in [-0.3, -0.25) is 9.59 Å². The second-order valence-corrected chi connectivity index (χ2v) is 4.27. The maximum atomic E-state index is 11.5. The zero-order valence-electron chi connectivity index (χ0n) is 8.49. The fourth-order valence-electron chi connectivity index (χ4n) is 1.28. The first-order valence-electron chi connectivity index (χ1n) is 4.79. The van der Waals surface area contributed by atoms with Crippen molar-refractivity contribution in [3.8, 4) is 12.3 Å². The number of carbonyl (C=O) groups excluding carboxylic acids is 2. The van der Waals surface area contributed by atoms with Crippen molar-refractivity contribution in [1.29, 1.82) is 0 Å². The maximum absolute atomic E-state index is 11.5. The third-order valence-corrected chi connectivity index (χ3v) is 2.93. The van der Waals surface area contributed by atoms with Gasteiger partial charge in [0.1, 0.15) is 0 Å². The summed E-state index contributed by atoms with van der Waals surface area (Å²) in [6, 6.07) is 0. The number of hydrogen-bond donors (Lipinski definition) is 1. The number of rotatable bonds is 4. The van der Waals surface area contributed by atoms with E-state index in [4.69, 9.17) is 6.42 Å². The van der Waals surface area contributed by atoms with Crippen LogP contribution in [0.5, 0.6) is 0 Å². The number of nitrogens with one attached hydrogen (secondary N) is 1. The summed E-state index contributed by atoms with van der Waals surface area (Å²) in [7, 11) is 0. The van der Waals surface area contributed by atoms with Gasteiger partial charge >= 0.3 is 0 Å². The highest BCUT2D eigenvalue weighted by Crippen LogP contribution is 2.03. The Labute approximate surface area is 93.8 Å². The van der Waals surface area contributed by atoms with E-state index in [9.17, 15) is 9.59 Å². The van der Waals surface area contributed by atoms with Gasteiger partial charge in [0.15, 0.2) is 0 Å². The molecule has 0 aliphatic carbocycles. The average molecular weight is 226 g/mol. The Bertz CT molecular complexity index is 286. The van der Waals surface area contributed by atoms with E-state index in [-0.39, 0.29) is 18.4 Å². The highest BCUT2D eigenvalue weighted by atomic mass is 32.2. The molecule has 2 amide bonds. The lowest BCUT2D eigenvalue weighted by Gasteiger charge is -2.18. The van der Waals surface area contributed by atoms with Gasteiger partial charge in [-0.1, -0.05) is 5.92 Å². The number of hydrogen-bond acceptors (Lipinski definition) is 3. The third-order valence-electron chi connectivity index (χ3n) is 2.09. The van der Waals surface area contributed by atoms with Gasteiger partial charge in [-0.05, 0) is 0 Å².